The highest BCUT2D eigenvalue weighted by Gasteiger charge is 2.16. The van der Waals surface area contributed by atoms with Crippen LogP contribution in [0.5, 0.6) is 0 Å². The molecule has 2 bridgehead atoms. The number of carbonyl (C=O) groups is 1. The van der Waals surface area contributed by atoms with Gasteiger partial charge in [-0.15, -0.1) is 0 Å². The maximum atomic E-state index is 13.6. The van der Waals surface area contributed by atoms with Crippen molar-refractivity contribution < 1.29 is 14.9 Å². The summed E-state index contributed by atoms with van der Waals surface area (Å²) in [4.78, 5) is 16.4. The Kier molecular flexibility index (Phi) is 4.15. The third-order valence-corrected chi connectivity index (χ3v) is 3.97. The van der Waals surface area contributed by atoms with Crippen LogP contribution in [-0.4, -0.2) is 10.9 Å². The summed E-state index contributed by atoms with van der Waals surface area (Å²) in [6.45, 7) is 0. The number of hydrogen-bond donors (Lipinski definition) is 2. The lowest BCUT2D eigenvalue weighted by Gasteiger charge is -2.15. The molecule has 1 atom stereocenters. The molecule has 3 rings (SSSR count). The minimum atomic E-state index is -0.329. The molecule has 2 aromatic rings. The number of anilines is 1. The van der Waals surface area contributed by atoms with Crippen molar-refractivity contribution >= 4 is 11.6 Å². The minimum absolute atomic E-state index is 0.0386. The molecule has 4 nitrogen and oxygen atoms in total. The normalized spacial score (nSPS) is 18.6. The van der Waals surface area contributed by atoms with Gasteiger partial charge in [0.2, 0.25) is 5.91 Å². The van der Waals surface area contributed by atoms with Gasteiger partial charge in [-0.3, -0.25) is 9.78 Å². The predicted octanol–water partition coefficient (Wildman–Crippen LogP) is 2.68. The van der Waals surface area contributed by atoms with Crippen molar-refractivity contribution in [2.45, 2.75) is 31.7 Å². The van der Waals surface area contributed by atoms with Gasteiger partial charge in [0.1, 0.15) is 11.9 Å². The molecule has 0 saturated carbocycles. The zero-order chi connectivity index (χ0) is 15.5. The first kappa shape index (κ1) is 14.7. The van der Waals surface area contributed by atoms with Gasteiger partial charge in [-0.2, -0.15) is 0 Å². The SMILES string of the molecule is [NH3+][C@H]1CCCCC(=O)Nc2ccc(F)cc2-c2ccnc1c2. The largest absolute Gasteiger partial charge is 0.350 e. The van der Waals surface area contributed by atoms with E-state index in [0.29, 0.717) is 17.7 Å². The predicted molar refractivity (Wildman–Crippen MR) is 82.4 cm³/mol. The van der Waals surface area contributed by atoms with E-state index in [-0.39, 0.29) is 17.8 Å². The summed E-state index contributed by atoms with van der Waals surface area (Å²) in [5.74, 6) is -0.368. The highest BCUT2D eigenvalue weighted by atomic mass is 19.1. The van der Waals surface area contributed by atoms with Crippen LogP contribution in [0.4, 0.5) is 10.1 Å². The molecule has 0 spiro atoms. The molecule has 0 saturated heterocycles. The minimum Gasteiger partial charge on any atom is -0.350 e. The molecule has 2 heterocycles. The van der Waals surface area contributed by atoms with Crippen molar-refractivity contribution in [3.63, 3.8) is 0 Å². The number of nitrogens with zero attached hydrogens (tertiary/aromatic N) is 1. The number of fused-ring (bicyclic) bond motifs is 4. The quantitative estimate of drug-likeness (QED) is 0.785. The molecule has 1 amide bonds. The third-order valence-electron chi connectivity index (χ3n) is 3.97. The van der Waals surface area contributed by atoms with Crippen LogP contribution in [0.1, 0.15) is 37.4 Å². The molecule has 0 fully saturated rings. The van der Waals surface area contributed by atoms with E-state index in [0.717, 1.165) is 30.5 Å². The second-order valence-corrected chi connectivity index (χ2v) is 5.65. The Hall–Kier alpha value is -2.27. The van der Waals surface area contributed by atoms with Gasteiger partial charge in [0, 0.05) is 30.3 Å². The molecular weight excluding hydrogens is 281 g/mol. The highest BCUT2D eigenvalue weighted by molar-refractivity contribution is 5.95. The lowest BCUT2D eigenvalue weighted by atomic mass is 9.99. The van der Waals surface area contributed by atoms with Crippen molar-refractivity contribution in [2.24, 2.45) is 0 Å². The van der Waals surface area contributed by atoms with E-state index in [1.807, 2.05) is 12.1 Å². The van der Waals surface area contributed by atoms with Crippen LogP contribution >= 0.6 is 0 Å². The van der Waals surface area contributed by atoms with Crippen LogP contribution in [0.2, 0.25) is 0 Å². The number of hydrogen-bond acceptors (Lipinski definition) is 2. The zero-order valence-electron chi connectivity index (χ0n) is 12.3. The molecule has 0 radical (unpaired) electrons. The summed E-state index contributed by atoms with van der Waals surface area (Å²) < 4.78 is 13.6. The number of nitrogens with one attached hydrogen (secondary N) is 1. The van der Waals surface area contributed by atoms with Gasteiger partial charge in [-0.1, -0.05) is 0 Å². The first-order valence-electron chi connectivity index (χ1n) is 7.52. The lowest BCUT2D eigenvalue weighted by molar-refractivity contribution is -0.429. The van der Waals surface area contributed by atoms with Crippen LogP contribution in [0.15, 0.2) is 36.5 Å². The van der Waals surface area contributed by atoms with E-state index >= 15 is 0 Å². The zero-order valence-corrected chi connectivity index (χ0v) is 12.3. The first-order valence-corrected chi connectivity index (χ1v) is 7.52. The summed E-state index contributed by atoms with van der Waals surface area (Å²) in [7, 11) is 0. The molecule has 1 aliphatic heterocycles. The Morgan fingerprint density at radius 1 is 1.23 bits per heavy atom. The summed E-state index contributed by atoms with van der Waals surface area (Å²) in [6, 6.07) is 8.25. The van der Waals surface area contributed by atoms with Gasteiger partial charge in [0.25, 0.3) is 0 Å². The summed E-state index contributed by atoms with van der Waals surface area (Å²) in [6.07, 6.45) is 4.81. The van der Waals surface area contributed by atoms with Gasteiger partial charge < -0.3 is 11.1 Å². The van der Waals surface area contributed by atoms with E-state index < -0.39 is 0 Å². The molecule has 0 aliphatic carbocycles. The lowest BCUT2D eigenvalue weighted by Crippen LogP contribution is -2.53. The van der Waals surface area contributed by atoms with Crippen LogP contribution < -0.4 is 11.1 Å². The Morgan fingerprint density at radius 3 is 2.95 bits per heavy atom. The number of rotatable bonds is 0. The van der Waals surface area contributed by atoms with Gasteiger partial charge >= 0.3 is 0 Å². The van der Waals surface area contributed by atoms with Gasteiger partial charge in [0.15, 0.2) is 0 Å². The summed E-state index contributed by atoms with van der Waals surface area (Å²) in [5.41, 5.74) is 7.20. The average molecular weight is 300 g/mol. The molecule has 4 N–H and O–H groups in total. The molecule has 1 aliphatic rings. The van der Waals surface area contributed by atoms with E-state index in [2.05, 4.69) is 16.0 Å². The molecule has 22 heavy (non-hydrogen) atoms. The fraction of sp³-hybridized carbons (Fsp3) is 0.294. The van der Waals surface area contributed by atoms with Crippen LogP contribution in [0, 0.1) is 5.82 Å². The highest BCUT2D eigenvalue weighted by Crippen LogP contribution is 2.31. The number of amides is 1. The fourth-order valence-corrected chi connectivity index (χ4v) is 2.74. The van der Waals surface area contributed by atoms with Gasteiger partial charge in [-0.25, -0.2) is 4.39 Å². The Balaban J connectivity index is 2.12. The number of pyridine rings is 1. The second-order valence-electron chi connectivity index (χ2n) is 5.65. The van der Waals surface area contributed by atoms with Gasteiger partial charge in [-0.05, 0) is 48.7 Å². The Morgan fingerprint density at radius 2 is 2.09 bits per heavy atom. The van der Waals surface area contributed by atoms with Crippen molar-refractivity contribution in [3.05, 3.63) is 48.0 Å². The molecule has 114 valence electrons. The standard InChI is InChI=1S/C17H18FN3O/c18-12-5-6-15-13(10-12)11-7-8-20-16(9-11)14(19)3-1-2-4-17(22)21-15/h5-10,14H,1-4,19H2,(H,21,22)/p+1/t14-/m0/s1. The number of quaternary nitrogens is 1. The third kappa shape index (κ3) is 3.14. The molecule has 1 aromatic heterocycles. The monoisotopic (exact) mass is 300 g/mol. The van der Waals surface area contributed by atoms with Crippen molar-refractivity contribution in [1.82, 2.24) is 4.98 Å². The molecule has 0 unspecified atom stereocenters. The number of halogens is 1. The van der Waals surface area contributed by atoms with Crippen molar-refractivity contribution in [3.8, 4) is 11.1 Å². The maximum Gasteiger partial charge on any atom is 0.224 e. The maximum absolute atomic E-state index is 13.6. The molecular formula is C17H19FN3O+. The summed E-state index contributed by atoms with van der Waals surface area (Å²) in [5, 5.41) is 2.88. The Labute approximate surface area is 128 Å². The topological polar surface area (TPSA) is 69.6 Å². The average Bonchev–Trinajstić information content (AvgIpc) is 2.52. The second kappa shape index (κ2) is 6.23. The first-order chi connectivity index (χ1) is 10.6. The number of benzene rings is 1. The van der Waals surface area contributed by atoms with Crippen LogP contribution in [0.25, 0.3) is 11.1 Å². The van der Waals surface area contributed by atoms with E-state index in [1.54, 1.807) is 12.3 Å². The molecule has 1 aromatic carbocycles. The van der Waals surface area contributed by atoms with Crippen LogP contribution in [0.3, 0.4) is 0 Å². The molecule has 5 heteroatoms. The van der Waals surface area contributed by atoms with E-state index in [4.69, 9.17) is 0 Å². The fourth-order valence-electron chi connectivity index (χ4n) is 2.74. The van der Waals surface area contributed by atoms with Crippen molar-refractivity contribution in [1.29, 1.82) is 0 Å². The van der Waals surface area contributed by atoms with Crippen molar-refractivity contribution in [2.75, 3.05) is 5.32 Å². The summed E-state index contributed by atoms with van der Waals surface area (Å²) >= 11 is 0. The van der Waals surface area contributed by atoms with E-state index in [1.165, 1.54) is 12.1 Å². The Bertz CT molecular complexity index is 702. The number of carbonyl (C=O) groups excluding carboxylic acids is 1. The van der Waals surface area contributed by atoms with Gasteiger partial charge in [0.05, 0.1) is 5.69 Å². The number of aromatic nitrogens is 1. The van der Waals surface area contributed by atoms with Crippen LogP contribution in [-0.2, 0) is 4.79 Å². The smallest absolute Gasteiger partial charge is 0.224 e. The van der Waals surface area contributed by atoms with E-state index in [9.17, 15) is 9.18 Å².